The number of aromatic nitrogens is 5. The summed E-state index contributed by atoms with van der Waals surface area (Å²) in [6.45, 7) is 4.43. The minimum atomic E-state index is -4.71. The summed E-state index contributed by atoms with van der Waals surface area (Å²) in [6, 6.07) is 3.87. The lowest BCUT2D eigenvalue weighted by atomic mass is 10.2. The summed E-state index contributed by atoms with van der Waals surface area (Å²) in [7, 11) is -2.38. The van der Waals surface area contributed by atoms with E-state index in [-0.39, 0.29) is 39.1 Å². The molecular weight excluding hydrogens is 437 g/mol. The predicted molar refractivity (Wildman–Crippen MR) is 103 cm³/mol. The lowest BCUT2D eigenvalue weighted by Gasteiger charge is -2.19. The average Bonchev–Trinajstić information content (AvgIpc) is 3.03. The molecular formula is C18H17F3N6O3S. The standard InChI is InChI=1S/C18H17F3N6O3S/c1-5-31(28,29)12-6-10(30-17(2,3)9-22)8-23-14(12)16-24-11-7-13(18(19,20)21)25-26-15(11)27(16)4/h6-8H,5H2,1-4H3. The van der Waals surface area contributed by atoms with Crippen LogP contribution in [0.4, 0.5) is 13.2 Å². The van der Waals surface area contributed by atoms with Crippen LogP contribution in [0.3, 0.4) is 0 Å². The van der Waals surface area contributed by atoms with Crippen LogP contribution < -0.4 is 4.74 Å². The Kier molecular flexibility index (Phi) is 5.39. The van der Waals surface area contributed by atoms with Gasteiger partial charge in [-0.05, 0) is 13.8 Å². The lowest BCUT2D eigenvalue weighted by Crippen LogP contribution is -2.25. The second-order valence-corrected chi connectivity index (χ2v) is 9.32. The largest absolute Gasteiger partial charge is 0.471 e. The Hall–Kier alpha value is -3.27. The zero-order valence-electron chi connectivity index (χ0n) is 16.9. The minimum absolute atomic E-state index is 0.0123. The highest BCUT2D eigenvalue weighted by molar-refractivity contribution is 7.91. The Bertz CT molecular complexity index is 1310. The summed E-state index contributed by atoms with van der Waals surface area (Å²) in [5.74, 6) is -0.239. The first-order valence-electron chi connectivity index (χ1n) is 8.90. The van der Waals surface area contributed by atoms with E-state index in [1.54, 1.807) is 0 Å². The third kappa shape index (κ3) is 4.29. The molecule has 9 nitrogen and oxygen atoms in total. The maximum absolute atomic E-state index is 13.0. The fraction of sp³-hybridized carbons (Fsp3) is 0.389. The second-order valence-electron chi connectivity index (χ2n) is 7.08. The van der Waals surface area contributed by atoms with Crippen LogP contribution in [0.15, 0.2) is 23.2 Å². The van der Waals surface area contributed by atoms with E-state index >= 15 is 0 Å². The predicted octanol–water partition coefficient (Wildman–Crippen LogP) is 2.92. The molecule has 0 saturated heterocycles. The Morgan fingerprint density at radius 3 is 2.48 bits per heavy atom. The zero-order valence-corrected chi connectivity index (χ0v) is 17.7. The minimum Gasteiger partial charge on any atom is -0.471 e. The van der Waals surface area contributed by atoms with Crippen molar-refractivity contribution >= 4 is 21.0 Å². The van der Waals surface area contributed by atoms with Crippen molar-refractivity contribution in [2.24, 2.45) is 7.05 Å². The van der Waals surface area contributed by atoms with E-state index in [2.05, 4.69) is 20.2 Å². The molecule has 3 aromatic rings. The van der Waals surface area contributed by atoms with Crippen LogP contribution in [0.25, 0.3) is 22.7 Å². The summed E-state index contributed by atoms with van der Waals surface area (Å²) in [6.07, 6.45) is -3.49. The van der Waals surface area contributed by atoms with Crippen molar-refractivity contribution in [2.45, 2.75) is 37.4 Å². The molecule has 164 valence electrons. The molecule has 0 radical (unpaired) electrons. The van der Waals surface area contributed by atoms with Gasteiger partial charge in [0.1, 0.15) is 27.9 Å². The molecule has 0 atom stereocenters. The molecule has 13 heteroatoms. The number of nitriles is 1. The number of sulfone groups is 1. The number of alkyl halides is 3. The molecule has 0 aliphatic carbocycles. The van der Waals surface area contributed by atoms with Gasteiger partial charge in [-0.1, -0.05) is 6.92 Å². The maximum Gasteiger partial charge on any atom is 0.435 e. The Morgan fingerprint density at radius 2 is 1.90 bits per heavy atom. The number of nitrogens with zero attached hydrogens (tertiary/aromatic N) is 6. The maximum atomic E-state index is 13.0. The molecule has 0 N–H and O–H groups in total. The molecule has 0 aliphatic heterocycles. The van der Waals surface area contributed by atoms with Crippen molar-refractivity contribution < 1.29 is 26.3 Å². The first kappa shape index (κ1) is 22.4. The van der Waals surface area contributed by atoms with Gasteiger partial charge in [-0.2, -0.15) is 18.4 Å². The van der Waals surface area contributed by atoms with E-state index < -0.39 is 27.3 Å². The number of pyridine rings is 1. The summed E-state index contributed by atoms with van der Waals surface area (Å²) in [4.78, 5) is 8.03. The number of ether oxygens (including phenoxy) is 1. The Balaban J connectivity index is 2.23. The Morgan fingerprint density at radius 1 is 1.23 bits per heavy atom. The molecule has 0 spiro atoms. The van der Waals surface area contributed by atoms with Gasteiger partial charge in [0.15, 0.2) is 32.6 Å². The molecule has 3 aromatic heterocycles. The topological polar surface area (TPSA) is 124 Å². The van der Waals surface area contributed by atoms with Crippen LogP contribution in [-0.2, 0) is 23.1 Å². The molecule has 0 fully saturated rings. The van der Waals surface area contributed by atoms with Crippen LogP contribution in [0.1, 0.15) is 26.5 Å². The Labute approximate surface area is 175 Å². The van der Waals surface area contributed by atoms with Crippen molar-refractivity contribution in [3.05, 3.63) is 24.0 Å². The molecule has 0 aromatic carbocycles. The monoisotopic (exact) mass is 454 g/mol. The third-order valence-corrected chi connectivity index (χ3v) is 6.05. The smallest absolute Gasteiger partial charge is 0.435 e. The van der Waals surface area contributed by atoms with Gasteiger partial charge in [-0.15, -0.1) is 10.2 Å². The van der Waals surface area contributed by atoms with E-state index in [4.69, 9.17) is 10.00 Å². The van der Waals surface area contributed by atoms with Crippen molar-refractivity contribution in [2.75, 3.05) is 5.75 Å². The molecule has 3 heterocycles. The number of halogens is 3. The number of hydrogen-bond donors (Lipinski definition) is 0. The second kappa shape index (κ2) is 7.45. The van der Waals surface area contributed by atoms with Crippen LogP contribution >= 0.6 is 0 Å². The van der Waals surface area contributed by atoms with Crippen molar-refractivity contribution in [1.82, 2.24) is 24.7 Å². The van der Waals surface area contributed by atoms with E-state index in [9.17, 15) is 21.6 Å². The van der Waals surface area contributed by atoms with Crippen molar-refractivity contribution in [1.29, 1.82) is 5.26 Å². The highest BCUT2D eigenvalue weighted by atomic mass is 32.2. The van der Waals surface area contributed by atoms with Crippen LogP contribution in [0.5, 0.6) is 5.75 Å². The quantitative estimate of drug-likeness (QED) is 0.576. The molecule has 0 amide bonds. The van der Waals surface area contributed by atoms with E-state index in [0.717, 1.165) is 6.07 Å². The SMILES string of the molecule is CCS(=O)(=O)c1cc(OC(C)(C)C#N)cnc1-c1nc2cc(C(F)(F)F)nnc2n1C. The lowest BCUT2D eigenvalue weighted by molar-refractivity contribution is -0.141. The van der Waals surface area contributed by atoms with Crippen LogP contribution in [0, 0.1) is 11.3 Å². The molecule has 0 bridgehead atoms. The van der Waals surface area contributed by atoms with E-state index in [1.165, 1.54) is 44.6 Å². The number of aryl methyl sites for hydroxylation is 1. The van der Waals surface area contributed by atoms with Crippen LogP contribution in [-0.4, -0.2) is 44.5 Å². The van der Waals surface area contributed by atoms with Crippen LogP contribution in [0.2, 0.25) is 0 Å². The van der Waals surface area contributed by atoms with Gasteiger partial charge < -0.3 is 9.30 Å². The fourth-order valence-corrected chi connectivity index (χ4v) is 3.74. The van der Waals surface area contributed by atoms with E-state index in [0.29, 0.717) is 0 Å². The molecule has 0 saturated carbocycles. The summed E-state index contributed by atoms with van der Waals surface area (Å²) < 4.78 is 71.1. The summed E-state index contributed by atoms with van der Waals surface area (Å²) in [5.41, 5.74) is -2.64. The molecule has 0 aliphatic rings. The van der Waals surface area contributed by atoms with E-state index in [1.807, 2.05) is 6.07 Å². The molecule has 3 rings (SSSR count). The zero-order chi connectivity index (χ0) is 23.2. The number of rotatable bonds is 5. The number of imidazole rings is 1. The third-order valence-electron chi connectivity index (χ3n) is 4.30. The van der Waals surface area contributed by atoms with Gasteiger partial charge in [-0.25, -0.2) is 18.4 Å². The van der Waals surface area contributed by atoms with Gasteiger partial charge in [0.05, 0.1) is 11.9 Å². The normalized spacial score (nSPS) is 12.7. The van der Waals surface area contributed by atoms with Gasteiger partial charge >= 0.3 is 6.18 Å². The molecule has 0 unspecified atom stereocenters. The van der Waals surface area contributed by atoms with Gasteiger partial charge in [-0.3, -0.25) is 0 Å². The first-order chi connectivity index (χ1) is 14.3. The number of hydrogen-bond acceptors (Lipinski definition) is 8. The van der Waals surface area contributed by atoms with Crippen molar-refractivity contribution in [3.63, 3.8) is 0 Å². The average molecular weight is 454 g/mol. The highest BCUT2D eigenvalue weighted by Crippen LogP contribution is 2.33. The summed E-state index contributed by atoms with van der Waals surface area (Å²) in [5, 5.41) is 15.9. The fourth-order valence-electron chi connectivity index (χ4n) is 2.70. The summed E-state index contributed by atoms with van der Waals surface area (Å²) >= 11 is 0. The first-order valence-corrected chi connectivity index (χ1v) is 10.5. The van der Waals surface area contributed by atoms with Gasteiger partial charge in [0, 0.05) is 19.2 Å². The number of fused-ring (bicyclic) bond motifs is 1. The van der Waals surface area contributed by atoms with Gasteiger partial charge in [0.2, 0.25) is 0 Å². The van der Waals surface area contributed by atoms with Crippen molar-refractivity contribution in [3.8, 4) is 23.3 Å². The molecule has 31 heavy (non-hydrogen) atoms. The highest BCUT2D eigenvalue weighted by Gasteiger charge is 2.34. The van der Waals surface area contributed by atoms with Gasteiger partial charge in [0.25, 0.3) is 0 Å².